The zero-order valence-corrected chi connectivity index (χ0v) is 17.2. The minimum Gasteiger partial charge on any atom is -0.353 e. The van der Waals surface area contributed by atoms with Gasteiger partial charge in [0.1, 0.15) is 0 Å². The summed E-state index contributed by atoms with van der Waals surface area (Å²) in [4.78, 5) is 19.4. The Labute approximate surface area is 168 Å². The van der Waals surface area contributed by atoms with Gasteiger partial charge in [-0.15, -0.1) is 0 Å². The van der Waals surface area contributed by atoms with E-state index in [0.29, 0.717) is 17.9 Å². The van der Waals surface area contributed by atoms with Crippen molar-refractivity contribution in [2.75, 3.05) is 26.7 Å². The number of carbonyl (C=O) groups excluding carboxylic acids is 1. The molecule has 3 fully saturated rings. The van der Waals surface area contributed by atoms with Gasteiger partial charge in [0.05, 0.1) is 6.04 Å². The smallest absolute Gasteiger partial charge is 0.229 e. The third-order valence-electron chi connectivity index (χ3n) is 6.91. The van der Waals surface area contributed by atoms with E-state index in [1.54, 1.807) is 0 Å². The van der Waals surface area contributed by atoms with E-state index in [1.165, 1.54) is 32.1 Å². The second-order valence-electron chi connectivity index (χ2n) is 9.02. The number of aromatic nitrogens is 2. The average molecular weight is 390 g/mol. The zero-order chi connectivity index (χ0) is 19.3. The number of likely N-dealkylation sites (N-methyl/N-ethyl adjacent to an activating group) is 1. The van der Waals surface area contributed by atoms with Crippen LogP contribution >= 0.6 is 0 Å². The average Bonchev–Trinajstić information content (AvgIpc) is 3.19. The number of amides is 1. The van der Waals surface area contributed by atoms with Crippen LogP contribution < -0.4 is 10.6 Å². The van der Waals surface area contributed by atoms with Crippen molar-refractivity contribution in [2.45, 2.75) is 82.2 Å². The second kappa shape index (κ2) is 9.35. The molecule has 1 unspecified atom stereocenters. The van der Waals surface area contributed by atoms with Gasteiger partial charge in [0, 0.05) is 38.0 Å². The predicted octanol–water partition coefficient (Wildman–Crippen LogP) is 2.76. The highest BCUT2D eigenvalue weighted by molar-refractivity contribution is 5.76. The fourth-order valence-corrected chi connectivity index (χ4v) is 5.07. The molecule has 1 saturated heterocycles. The van der Waals surface area contributed by atoms with Crippen molar-refractivity contribution >= 4 is 5.91 Å². The molecule has 1 aromatic heterocycles. The van der Waals surface area contributed by atoms with Gasteiger partial charge in [-0.3, -0.25) is 9.69 Å². The van der Waals surface area contributed by atoms with Gasteiger partial charge < -0.3 is 15.2 Å². The van der Waals surface area contributed by atoms with Crippen molar-refractivity contribution in [3.63, 3.8) is 0 Å². The Morgan fingerprint density at radius 2 is 1.96 bits per heavy atom. The molecular weight excluding hydrogens is 354 g/mol. The van der Waals surface area contributed by atoms with Gasteiger partial charge in [-0.05, 0) is 51.5 Å². The maximum atomic E-state index is 12.4. The lowest BCUT2D eigenvalue weighted by atomic mass is 9.85. The van der Waals surface area contributed by atoms with Crippen molar-refractivity contribution in [1.29, 1.82) is 0 Å². The van der Waals surface area contributed by atoms with E-state index in [9.17, 15) is 4.79 Å². The van der Waals surface area contributed by atoms with Crippen molar-refractivity contribution in [1.82, 2.24) is 25.7 Å². The number of hydrogen-bond donors (Lipinski definition) is 2. The summed E-state index contributed by atoms with van der Waals surface area (Å²) in [5.74, 6) is 2.76. The lowest BCUT2D eigenvalue weighted by Crippen LogP contribution is -2.44. The molecule has 4 rings (SSSR count). The molecule has 1 aromatic rings. The molecule has 28 heavy (non-hydrogen) atoms. The van der Waals surface area contributed by atoms with E-state index in [2.05, 4.69) is 27.7 Å². The Bertz CT molecular complexity index is 634. The number of carbonyl (C=O) groups is 1. The van der Waals surface area contributed by atoms with Crippen LogP contribution in [-0.2, 0) is 4.79 Å². The van der Waals surface area contributed by atoms with E-state index in [0.717, 1.165) is 63.5 Å². The van der Waals surface area contributed by atoms with Gasteiger partial charge in [0.2, 0.25) is 11.8 Å². The first kappa shape index (κ1) is 19.8. The van der Waals surface area contributed by atoms with E-state index in [4.69, 9.17) is 9.51 Å². The van der Waals surface area contributed by atoms with E-state index < -0.39 is 0 Å². The largest absolute Gasteiger partial charge is 0.353 e. The molecule has 1 aliphatic heterocycles. The first-order chi connectivity index (χ1) is 13.7. The van der Waals surface area contributed by atoms with Crippen LogP contribution in [0.5, 0.6) is 0 Å². The highest BCUT2D eigenvalue weighted by Gasteiger charge is 2.30. The Morgan fingerprint density at radius 1 is 1.18 bits per heavy atom. The SMILES string of the molecule is CN1CCNCC1c1noc(C2CCC(NC(=O)CC3CCCCC3)CC2)n1. The molecule has 0 spiro atoms. The van der Waals surface area contributed by atoms with Gasteiger partial charge >= 0.3 is 0 Å². The summed E-state index contributed by atoms with van der Waals surface area (Å²) in [6, 6.07) is 0.505. The molecule has 0 radical (unpaired) electrons. The number of hydrogen-bond acceptors (Lipinski definition) is 6. The normalized spacial score (nSPS) is 30.2. The minimum atomic E-state index is 0.196. The monoisotopic (exact) mass is 389 g/mol. The lowest BCUT2D eigenvalue weighted by molar-refractivity contribution is -0.123. The van der Waals surface area contributed by atoms with Gasteiger partial charge in [-0.2, -0.15) is 4.98 Å². The van der Waals surface area contributed by atoms with Gasteiger partial charge in [0.15, 0.2) is 5.82 Å². The van der Waals surface area contributed by atoms with Crippen LogP contribution in [0, 0.1) is 5.92 Å². The molecule has 0 bridgehead atoms. The molecule has 2 aliphatic carbocycles. The molecule has 156 valence electrons. The molecule has 3 aliphatic rings. The van der Waals surface area contributed by atoms with Crippen molar-refractivity contribution in [2.24, 2.45) is 5.92 Å². The summed E-state index contributed by atoms with van der Waals surface area (Å²) in [7, 11) is 2.11. The van der Waals surface area contributed by atoms with Crippen LogP contribution in [-0.4, -0.2) is 53.7 Å². The number of nitrogens with one attached hydrogen (secondary N) is 2. The number of nitrogens with zero attached hydrogens (tertiary/aromatic N) is 3. The van der Waals surface area contributed by atoms with Gasteiger partial charge in [0.25, 0.3) is 0 Å². The number of piperazine rings is 1. The lowest BCUT2D eigenvalue weighted by Gasteiger charge is -2.30. The molecule has 7 heteroatoms. The molecule has 0 aromatic carbocycles. The van der Waals surface area contributed by atoms with Crippen LogP contribution in [0.1, 0.15) is 87.9 Å². The summed E-state index contributed by atoms with van der Waals surface area (Å²) >= 11 is 0. The predicted molar refractivity (Wildman–Crippen MR) is 107 cm³/mol. The Hall–Kier alpha value is -1.47. The molecule has 7 nitrogen and oxygen atoms in total. The Balaban J connectivity index is 1.23. The summed E-state index contributed by atoms with van der Waals surface area (Å²) in [6.45, 7) is 2.88. The van der Waals surface area contributed by atoms with Crippen LogP contribution in [0.25, 0.3) is 0 Å². The molecule has 1 atom stereocenters. The van der Waals surface area contributed by atoms with Crippen molar-refractivity contribution < 1.29 is 9.32 Å². The van der Waals surface area contributed by atoms with E-state index >= 15 is 0 Å². The highest BCUT2D eigenvalue weighted by atomic mass is 16.5. The molecular formula is C21H35N5O2. The van der Waals surface area contributed by atoms with Crippen molar-refractivity contribution in [3.05, 3.63) is 11.7 Å². The first-order valence-corrected chi connectivity index (χ1v) is 11.2. The van der Waals surface area contributed by atoms with E-state index in [1.807, 2.05) is 0 Å². The maximum Gasteiger partial charge on any atom is 0.229 e. The molecule has 2 saturated carbocycles. The standard InChI is InChI=1S/C21H35N5O2/c1-26-12-11-22-14-18(26)20-24-21(28-25-20)16-7-9-17(10-8-16)23-19(27)13-15-5-3-2-4-6-15/h15-18,22H,2-14H2,1H3,(H,23,27). The van der Waals surface area contributed by atoms with Gasteiger partial charge in [-0.25, -0.2) is 0 Å². The Kier molecular flexibility index (Phi) is 6.62. The van der Waals surface area contributed by atoms with Crippen LogP contribution in [0.2, 0.25) is 0 Å². The summed E-state index contributed by atoms with van der Waals surface area (Å²) in [6.07, 6.45) is 11.1. The molecule has 1 amide bonds. The highest BCUT2D eigenvalue weighted by Crippen LogP contribution is 2.33. The summed E-state index contributed by atoms with van der Waals surface area (Å²) in [5.41, 5.74) is 0. The fourth-order valence-electron chi connectivity index (χ4n) is 5.07. The second-order valence-corrected chi connectivity index (χ2v) is 9.02. The Morgan fingerprint density at radius 3 is 2.71 bits per heavy atom. The first-order valence-electron chi connectivity index (χ1n) is 11.2. The van der Waals surface area contributed by atoms with Crippen LogP contribution in [0.4, 0.5) is 0 Å². The van der Waals surface area contributed by atoms with Crippen LogP contribution in [0.3, 0.4) is 0 Å². The quantitative estimate of drug-likeness (QED) is 0.806. The summed E-state index contributed by atoms with van der Waals surface area (Å²) in [5, 5.41) is 10.9. The van der Waals surface area contributed by atoms with Gasteiger partial charge in [-0.1, -0.05) is 24.4 Å². The van der Waals surface area contributed by atoms with Crippen LogP contribution in [0.15, 0.2) is 4.52 Å². The molecule has 2 N–H and O–H groups in total. The van der Waals surface area contributed by atoms with E-state index in [-0.39, 0.29) is 11.9 Å². The topological polar surface area (TPSA) is 83.3 Å². The summed E-state index contributed by atoms with van der Waals surface area (Å²) < 4.78 is 5.62. The molecule has 2 heterocycles. The van der Waals surface area contributed by atoms with Crippen molar-refractivity contribution in [3.8, 4) is 0 Å². The maximum absolute atomic E-state index is 12.4. The third-order valence-corrected chi connectivity index (χ3v) is 6.91. The third kappa shape index (κ3) is 4.92. The fraction of sp³-hybridized carbons (Fsp3) is 0.857. The minimum absolute atomic E-state index is 0.196. The number of rotatable bonds is 5. The zero-order valence-electron chi connectivity index (χ0n) is 17.2.